The van der Waals surface area contributed by atoms with Crippen LogP contribution in [0.4, 0.5) is 11.6 Å². The summed E-state index contributed by atoms with van der Waals surface area (Å²) in [5, 5.41) is 14.6. The Morgan fingerprint density at radius 1 is 1.26 bits per heavy atom. The van der Waals surface area contributed by atoms with Crippen LogP contribution in [0.25, 0.3) is 0 Å². The van der Waals surface area contributed by atoms with Gasteiger partial charge in [-0.15, -0.1) is 0 Å². The Hall–Kier alpha value is -2.92. The second-order valence-corrected chi connectivity index (χ2v) is 8.12. The van der Waals surface area contributed by atoms with Gasteiger partial charge in [0.25, 0.3) is 0 Å². The first-order valence-electron chi connectivity index (χ1n) is 9.48. The lowest BCUT2D eigenvalue weighted by Gasteiger charge is -2.13. The summed E-state index contributed by atoms with van der Waals surface area (Å²) in [6.07, 6.45) is 5.95. The second kappa shape index (κ2) is 10.9. The topological polar surface area (TPSA) is 121 Å². The van der Waals surface area contributed by atoms with Crippen molar-refractivity contribution in [3.63, 3.8) is 0 Å². The molecule has 0 radical (unpaired) electrons. The van der Waals surface area contributed by atoms with Gasteiger partial charge in [0.15, 0.2) is 5.82 Å². The van der Waals surface area contributed by atoms with Gasteiger partial charge >= 0.3 is 5.82 Å². The normalized spacial score (nSPS) is 10.8. The first kappa shape index (κ1) is 22.8. The molecule has 0 fully saturated rings. The van der Waals surface area contributed by atoms with Crippen molar-refractivity contribution in [3.05, 3.63) is 63.2 Å². The van der Waals surface area contributed by atoms with Crippen molar-refractivity contribution in [2.45, 2.75) is 26.9 Å². The first-order chi connectivity index (χ1) is 15.0. The maximum Gasteiger partial charge on any atom is 0.342 e. The number of hydrogen-bond acceptors (Lipinski definition) is 9. The highest BCUT2D eigenvalue weighted by atomic mass is 35.5. The zero-order valence-electron chi connectivity index (χ0n) is 17.1. The standard InChI is InChI=1S/C19H22ClN7O3S/c1-13-16(10-24-19-15(20)9-21-12-25-19)22-4-3-17(13)30-6-8-31-7-5-26-14(2)23-11-18(26)27(28)29/h3-4,9,11-12H,5-8,10H2,1-2H3,(H,21,24,25). The Morgan fingerprint density at radius 2 is 2.10 bits per heavy atom. The molecule has 3 rings (SSSR count). The van der Waals surface area contributed by atoms with Crippen molar-refractivity contribution in [2.24, 2.45) is 0 Å². The number of aromatic nitrogens is 5. The van der Waals surface area contributed by atoms with Crippen molar-refractivity contribution in [3.8, 4) is 5.75 Å². The molecule has 10 nitrogen and oxygen atoms in total. The predicted octanol–water partition coefficient (Wildman–Crippen LogP) is 3.67. The average Bonchev–Trinajstić information content (AvgIpc) is 3.12. The fourth-order valence-corrected chi connectivity index (χ4v) is 3.74. The maximum atomic E-state index is 11.0. The molecule has 0 saturated heterocycles. The van der Waals surface area contributed by atoms with E-state index in [0.717, 1.165) is 28.5 Å². The third kappa shape index (κ3) is 6.05. The van der Waals surface area contributed by atoms with Crippen molar-refractivity contribution in [1.82, 2.24) is 24.5 Å². The molecule has 31 heavy (non-hydrogen) atoms. The van der Waals surface area contributed by atoms with Gasteiger partial charge in [0.05, 0.1) is 25.0 Å². The van der Waals surface area contributed by atoms with E-state index in [4.69, 9.17) is 16.3 Å². The summed E-state index contributed by atoms with van der Waals surface area (Å²) < 4.78 is 7.52. The number of nitrogens with one attached hydrogen (secondary N) is 1. The Labute approximate surface area is 188 Å². The highest BCUT2D eigenvalue weighted by Gasteiger charge is 2.16. The smallest absolute Gasteiger partial charge is 0.342 e. The molecule has 0 saturated carbocycles. The molecule has 0 aliphatic carbocycles. The monoisotopic (exact) mass is 463 g/mol. The van der Waals surface area contributed by atoms with Gasteiger partial charge in [0.1, 0.15) is 35.7 Å². The molecule has 0 unspecified atom stereocenters. The van der Waals surface area contributed by atoms with Crippen molar-refractivity contribution >= 4 is 35.0 Å². The van der Waals surface area contributed by atoms with E-state index >= 15 is 0 Å². The maximum absolute atomic E-state index is 11.0. The largest absolute Gasteiger partial charge is 0.492 e. The van der Waals surface area contributed by atoms with Crippen molar-refractivity contribution < 1.29 is 9.66 Å². The number of thioether (sulfide) groups is 1. The summed E-state index contributed by atoms with van der Waals surface area (Å²) in [7, 11) is 0. The first-order valence-corrected chi connectivity index (χ1v) is 11.0. The van der Waals surface area contributed by atoms with Crippen molar-refractivity contribution in [2.75, 3.05) is 23.4 Å². The van der Waals surface area contributed by atoms with Gasteiger partial charge in [-0.3, -0.25) is 4.98 Å². The fourth-order valence-electron chi connectivity index (χ4n) is 2.85. The number of halogens is 1. The van der Waals surface area contributed by atoms with Gasteiger partial charge in [0, 0.05) is 30.2 Å². The quantitative estimate of drug-likeness (QED) is 0.258. The molecule has 0 aromatic carbocycles. The summed E-state index contributed by atoms with van der Waals surface area (Å²) in [6, 6.07) is 1.83. The van der Waals surface area contributed by atoms with E-state index in [0.29, 0.717) is 36.4 Å². The molecule has 0 bridgehead atoms. The van der Waals surface area contributed by atoms with Gasteiger partial charge in [-0.2, -0.15) is 11.8 Å². The number of nitro groups is 1. The van der Waals surface area contributed by atoms with Gasteiger partial charge in [-0.25, -0.2) is 19.5 Å². The summed E-state index contributed by atoms with van der Waals surface area (Å²) in [4.78, 5) is 27.0. The average molecular weight is 464 g/mol. The van der Waals surface area contributed by atoms with Crippen LogP contribution in [-0.4, -0.2) is 47.5 Å². The zero-order valence-corrected chi connectivity index (χ0v) is 18.7. The third-order valence-electron chi connectivity index (χ3n) is 4.52. The zero-order chi connectivity index (χ0) is 22.2. The van der Waals surface area contributed by atoms with Gasteiger partial charge in [-0.05, 0) is 17.9 Å². The number of aryl methyl sites for hydroxylation is 1. The summed E-state index contributed by atoms with van der Waals surface area (Å²) in [5.74, 6) is 3.46. The van der Waals surface area contributed by atoms with Crippen molar-refractivity contribution in [1.29, 1.82) is 0 Å². The van der Waals surface area contributed by atoms with Crippen LogP contribution in [0.2, 0.25) is 5.02 Å². The lowest BCUT2D eigenvalue weighted by Crippen LogP contribution is -2.09. The molecule has 12 heteroatoms. The Bertz CT molecular complexity index is 1050. The minimum atomic E-state index is -0.412. The number of nitrogens with zero attached hydrogens (tertiary/aromatic N) is 6. The highest BCUT2D eigenvalue weighted by molar-refractivity contribution is 7.99. The minimum Gasteiger partial charge on any atom is -0.492 e. The van der Waals surface area contributed by atoms with Gasteiger partial charge < -0.3 is 20.2 Å². The van der Waals surface area contributed by atoms with Crippen LogP contribution in [0, 0.1) is 24.0 Å². The number of pyridine rings is 1. The van der Waals surface area contributed by atoms with Crippen LogP contribution >= 0.6 is 23.4 Å². The lowest BCUT2D eigenvalue weighted by molar-refractivity contribution is -0.392. The third-order valence-corrected chi connectivity index (χ3v) is 5.72. The molecule has 3 aromatic heterocycles. The van der Waals surface area contributed by atoms with Gasteiger partial charge in [0.2, 0.25) is 0 Å². The van der Waals surface area contributed by atoms with E-state index < -0.39 is 4.92 Å². The lowest BCUT2D eigenvalue weighted by atomic mass is 10.2. The molecule has 3 aromatic rings. The van der Waals surface area contributed by atoms with E-state index in [1.54, 1.807) is 29.4 Å². The number of anilines is 1. The Balaban J connectivity index is 1.45. The predicted molar refractivity (Wildman–Crippen MR) is 120 cm³/mol. The number of ether oxygens (including phenoxy) is 1. The molecule has 3 heterocycles. The number of imidazole rings is 1. The second-order valence-electron chi connectivity index (χ2n) is 6.49. The molecular weight excluding hydrogens is 442 g/mol. The van der Waals surface area contributed by atoms with E-state index in [1.807, 2.05) is 13.0 Å². The van der Waals surface area contributed by atoms with Crippen LogP contribution in [0.1, 0.15) is 17.1 Å². The van der Waals surface area contributed by atoms with Crippen LogP contribution in [0.5, 0.6) is 5.75 Å². The summed E-state index contributed by atoms with van der Waals surface area (Å²) in [6.45, 7) is 5.22. The molecule has 1 N–H and O–H groups in total. The summed E-state index contributed by atoms with van der Waals surface area (Å²) in [5.41, 5.74) is 1.78. The molecule has 0 spiro atoms. The SMILES string of the molecule is Cc1c(OCCSCCn2c([N+](=O)[O-])cnc2C)ccnc1CNc1ncncc1Cl. The van der Waals surface area contributed by atoms with Crippen LogP contribution in [-0.2, 0) is 13.1 Å². The van der Waals surface area contributed by atoms with E-state index in [9.17, 15) is 10.1 Å². The fraction of sp³-hybridized carbons (Fsp3) is 0.368. The van der Waals surface area contributed by atoms with Gasteiger partial charge in [-0.1, -0.05) is 11.6 Å². The number of hydrogen-bond donors (Lipinski definition) is 1. The van der Waals surface area contributed by atoms with E-state index in [2.05, 4.69) is 25.3 Å². The molecule has 0 aliphatic heterocycles. The molecule has 0 amide bonds. The van der Waals surface area contributed by atoms with Crippen LogP contribution < -0.4 is 10.1 Å². The Kier molecular flexibility index (Phi) is 8.01. The Morgan fingerprint density at radius 3 is 2.87 bits per heavy atom. The molecular formula is C19H22ClN7O3S. The minimum absolute atomic E-state index is 0.0196. The molecule has 0 aliphatic rings. The van der Waals surface area contributed by atoms with Crippen LogP contribution in [0.15, 0.2) is 31.0 Å². The van der Waals surface area contributed by atoms with E-state index in [-0.39, 0.29) is 5.82 Å². The van der Waals surface area contributed by atoms with Crippen LogP contribution in [0.3, 0.4) is 0 Å². The molecule has 164 valence electrons. The summed E-state index contributed by atoms with van der Waals surface area (Å²) >= 11 is 7.73. The number of rotatable bonds is 11. The highest BCUT2D eigenvalue weighted by Crippen LogP contribution is 2.22. The van der Waals surface area contributed by atoms with E-state index in [1.165, 1.54) is 18.7 Å². The molecule has 0 atom stereocenters.